The third kappa shape index (κ3) is 3.72. The molecule has 6 nitrogen and oxygen atoms in total. The van der Waals surface area contributed by atoms with Crippen LogP contribution in [0.5, 0.6) is 11.5 Å². The summed E-state index contributed by atoms with van der Waals surface area (Å²) in [6, 6.07) is 10.3. The molecule has 27 heavy (non-hydrogen) atoms. The number of hydrogen-bond donors (Lipinski definition) is 2. The van der Waals surface area contributed by atoms with E-state index in [-0.39, 0.29) is 22.2 Å². The molecule has 0 atom stereocenters. The van der Waals surface area contributed by atoms with E-state index >= 15 is 0 Å². The van der Waals surface area contributed by atoms with Crippen LogP contribution in [0.2, 0.25) is 0 Å². The van der Waals surface area contributed by atoms with E-state index in [1.807, 2.05) is 19.1 Å². The predicted octanol–water partition coefficient (Wildman–Crippen LogP) is 3.30. The normalized spacial score (nSPS) is 15.9. The smallest absolute Gasteiger partial charge is 0.270 e. The predicted molar refractivity (Wildman–Crippen MR) is 110 cm³/mol. The second-order valence-electron chi connectivity index (χ2n) is 5.85. The summed E-state index contributed by atoms with van der Waals surface area (Å²) in [5.74, 6) is -0.973. The molecule has 138 valence electrons. The number of anilines is 1. The van der Waals surface area contributed by atoms with Crippen molar-refractivity contribution in [2.24, 2.45) is 0 Å². The Hall–Kier alpha value is -2.71. The molecular weight excluding hydrogens is 432 g/mol. The van der Waals surface area contributed by atoms with Crippen molar-refractivity contribution in [3.05, 3.63) is 57.6 Å². The molecule has 0 saturated carbocycles. The fraction of sp³-hybridized carbons (Fsp3) is 0.105. The number of aromatic hydroxyl groups is 1. The van der Waals surface area contributed by atoms with Crippen LogP contribution in [0.15, 0.2) is 46.4 Å². The molecule has 1 aliphatic heterocycles. The Balaban J connectivity index is 2.04. The second kappa shape index (κ2) is 7.50. The van der Waals surface area contributed by atoms with Crippen LogP contribution in [0.25, 0.3) is 6.08 Å². The maximum Gasteiger partial charge on any atom is 0.270 e. The molecule has 0 radical (unpaired) electrons. The van der Waals surface area contributed by atoms with Crippen molar-refractivity contribution in [3.63, 3.8) is 0 Å². The molecule has 3 rings (SSSR count). The van der Waals surface area contributed by atoms with Crippen LogP contribution >= 0.6 is 28.1 Å². The zero-order chi connectivity index (χ0) is 19.7. The van der Waals surface area contributed by atoms with Crippen molar-refractivity contribution in [3.8, 4) is 11.5 Å². The Morgan fingerprint density at radius 1 is 1.22 bits per heavy atom. The fourth-order valence-corrected chi connectivity index (χ4v) is 3.33. The zero-order valence-electron chi connectivity index (χ0n) is 14.4. The lowest BCUT2D eigenvalue weighted by atomic mass is 10.1. The highest BCUT2D eigenvalue weighted by molar-refractivity contribution is 9.10. The Morgan fingerprint density at radius 2 is 1.89 bits per heavy atom. The second-order valence-corrected chi connectivity index (χ2v) is 7.09. The van der Waals surface area contributed by atoms with Crippen LogP contribution in [-0.4, -0.2) is 29.1 Å². The zero-order valence-corrected chi connectivity index (χ0v) is 16.8. The number of rotatable bonds is 3. The summed E-state index contributed by atoms with van der Waals surface area (Å²) >= 11 is 8.40. The molecule has 2 N–H and O–H groups in total. The SMILES string of the molecule is COc1cc(/C=C2\C(=O)NC(=S)N(c3ccc(C)cc3)C2=O)cc(Br)c1O. The first-order chi connectivity index (χ1) is 12.8. The molecule has 0 bridgehead atoms. The summed E-state index contributed by atoms with van der Waals surface area (Å²) in [6.45, 7) is 1.93. The summed E-state index contributed by atoms with van der Waals surface area (Å²) in [5, 5.41) is 12.5. The molecule has 0 aliphatic carbocycles. The van der Waals surface area contributed by atoms with Gasteiger partial charge in [-0.1, -0.05) is 17.7 Å². The first-order valence-electron chi connectivity index (χ1n) is 7.86. The van der Waals surface area contributed by atoms with Gasteiger partial charge in [-0.3, -0.25) is 19.8 Å². The number of thiocarbonyl (C=S) groups is 1. The van der Waals surface area contributed by atoms with Gasteiger partial charge in [0.15, 0.2) is 16.6 Å². The third-order valence-corrected chi connectivity index (χ3v) is 4.86. The van der Waals surface area contributed by atoms with E-state index in [0.29, 0.717) is 15.7 Å². The number of amides is 2. The van der Waals surface area contributed by atoms with E-state index in [1.165, 1.54) is 24.2 Å². The highest BCUT2D eigenvalue weighted by Gasteiger charge is 2.34. The van der Waals surface area contributed by atoms with Crippen LogP contribution in [0.4, 0.5) is 5.69 Å². The number of benzene rings is 2. The molecule has 0 spiro atoms. The highest BCUT2D eigenvalue weighted by Crippen LogP contribution is 2.36. The lowest BCUT2D eigenvalue weighted by Gasteiger charge is -2.29. The number of phenols is 1. The van der Waals surface area contributed by atoms with Crippen LogP contribution < -0.4 is 15.0 Å². The minimum Gasteiger partial charge on any atom is -0.503 e. The third-order valence-electron chi connectivity index (χ3n) is 3.98. The molecule has 1 saturated heterocycles. The number of methoxy groups -OCH3 is 1. The molecule has 2 aromatic carbocycles. The standard InChI is InChI=1S/C19H15BrN2O4S/c1-10-3-5-12(6-4-10)22-18(25)13(17(24)21-19(22)27)7-11-8-14(20)16(23)15(9-11)26-2/h3-9,23H,1-2H3,(H,21,24,27)/b13-7+. The molecule has 0 aromatic heterocycles. The van der Waals surface area contributed by atoms with Crippen LogP contribution in [0.1, 0.15) is 11.1 Å². The lowest BCUT2D eigenvalue weighted by molar-refractivity contribution is -0.122. The summed E-state index contributed by atoms with van der Waals surface area (Å²) in [4.78, 5) is 26.6. The number of phenolic OH excluding ortho intramolecular Hbond substituents is 1. The lowest BCUT2D eigenvalue weighted by Crippen LogP contribution is -2.54. The monoisotopic (exact) mass is 446 g/mol. The van der Waals surface area contributed by atoms with Gasteiger partial charge in [0.2, 0.25) is 0 Å². The number of hydrogen-bond acceptors (Lipinski definition) is 5. The Bertz CT molecular complexity index is 986. The van der Waals surface area contributed by atoms with Gasteiger partial charge in [0.1, 0.15) is 5.57 Å². The van der Waals surface area contributed by atoms with Gasteiger partial charge in [0.25, 0.3) is 11.8 Å². The van der Waals surface area contributed by atoms with E-state index in [9.17, 15) is 14.7 Å². The fourth-order valence-electron chi connectivity index (χ4n) is 2.59. The Kier molecular flexibility index (Phi) is 5.29. The first kappa shape index (κ1) is 19.1. The van der Waals surface area contributed by atoms with Crippen molar-refractivity contribution >= 4 is 56.8 Å². The molecule has 2 aromatic rings. The van der Waals surface area contributed by atoms with Gasteiger partial charge in [-0.2, -0.15) is 0 Å². The average molecular weight is 447 g/mol. The van der Waals surface area contributed by atoms with Crippen LogP contribution in [0.3, 0.4) is 0 Å². The Labute approximate surface area is 169 Å². The Morgan fingerprint density at radius 3 is 2.52 bits per heavy atom. The van der Waals surface area contributed by atoms with Gasteiger partial charge in [-0.25, -0.2) is 0 Å². The average Bonchev–Trinajstić information content (AvgIpc) is 2.62. The number of aryl methyl sites for hydroxylation is 1. The van der Waals surface area contributed by atoms with Crippen molar-refractivity contribution in [2.75, 3.05) is 12.0 Å². The van der Waals surface area contributed by atoms with Crippen LogP contribution in [-0.2, 0) is 9.59 Å². The molecule has 8 heteroatoms. The van der Waals surface area contributed by atoms with Crippen LogP contribution in [0, 0.1) is 6.92 Å². The molecule has 1 aliphatic rings. The van der Waals surface area contributed by atoms with Crippen molar-refractivity contribution in [1.29, 1.82) is 0 Å². The molecular formula is C19H15BrN2O4S. The van der Waals surface area contributed by atoms with Gasteiger partial charge in [-0.15, -0.1) is 0 Å². The van der Waals surface area contributed by atoms with Crippen molar-refractivity contribution < 1.29 is 19.4 Å². The van der Waals surface area contributed by atoms with Gasteiger partial charge < -0.3 is 9.84 Å². The van der Waals surface area contributed by atoms with E-state index < -0.39 is 11.8 Å². The van der Waals surface area contributed by atoms with Gasteiger partial charge >= 0.3 is 0 Å². The maximum atomic E-state index is 13.0. The number of carbonyl (C=O) groups is 2. The van der Waals surface area contributed by atoms with E-state index in [1.54, 1.807) is 18.2 Å². The summed E-state index contributed by atoms with van der Waals surface area (Å²) < 4.78 is 5.48. The van der Waals surface area contributed by atoms with Crippen molar-refractivity contribution in [1.82, 2.24) is 5.32 Å². The summed E-state index contributed by atoms with van der Waals surface area (Å²) in [5.41, 5.74) is 2.02. The first-order valence-corrected chi connectivity index (χ1v) is 9.06. The molecule has 0 unspecified atom stereocenters. The molecule has 2 amide bonds. The van der Waals surface area contributed by atoms with E-state index in [2.05, 4.69) is 21.2 Å². The number of nitrogens with zero attached hydrogens (tertiary/aromatic N) is 1. The number of carbonyl (C=O) groups excluding carboxylic acids is 2. The van der Waals surface area contributed by atoms with E-state index in [4.69, 9.17) is 17.0 Å². The summed E-state index contributed by atoms with van der Waals surface area (Å²) in [7, 11) is 1.41. The summed E-state index contributed by atoms with van der Waals surface area (Å²) in [6.07, 6.45) is 1.42. The minimum atomic E-state index is -0.587. The quantitative estimate of drug-likeness (QED) is 0.429. The van der Waals surface area contributed by atoms with Gasteiger partial charge in [0.05, 0.1) is 17.3 Å². The number of nitrogens with one attached hydrogen (secondary N) is 1. The topological polar surface area (TPSA) is 78.9 Å². The number of ether oxygens (including phenoxy) is 1. The number of halogens is 1. The van der Waals surface area contributed by atoms with Gasteiger partial charge in [-0.05, 0) is 71.0 Å². The van der Waals surface area contributed by atoms with Gasteiger partial charge in [0, 0.05) is 0 Å². The van der Waals surface area contributed by atoms with Crippen molar-refractivity contribution in [2.45, 2.75) is 6.92 Å². The maximum absolute atomic E-state index is 13.0. The molecule has 1 fully saturated rings. The highest BCUT2D eigenvalue weighted by atomic mass is 79.9. The largest absolute Gasteiger partial charge is 0.503 e. The molecule has 1 heterocycles. The minimum absolute atomic E-state index is 0.0236. The van der Waals surface area contributed by atoms with E-state index in [0.717, 1.165) is 5.56 Å².